The van der Waals surface area contributed by atoms with Crippen molar-refractivity contribution in [2.24, 2.45) is 0 Å². The van der Waals surface area contributed by atoms with Crippen LogP contribution in [0.1, 0.15) is 27.7 Å². The molecular formula is C25H35N7OS. The lowest BCUT2D eigenvalue weighted by atomic mass is 10.2. The van der Waals surface area contributed by atoms with E-state index in [1.807, 2.05) is 24.3 Å². The van der Waals surface area contributed by atoms with Crippen LogP contribution in [-0.2, 0) is 0 Å². The van der Waals surface area contributed by atoms with Crippen LogP contribution < -0.4 is 20.4 Å². The van der Waals surface area contributed by atoms with Crippen LogP contribution in [0.2, 0.25) is 0 Å². The fourth-order valence-corrected chi connectivity index (χ4v) is 4.24. The van der Waals surface area contributed by atoms with Crippen molar-refractivity contribution in [3.05, 3.63) is 48.5 Å². The maximum atomic E-state index is 9.26. The summed E-state index contributed by atoms with van der Waals surface area (Å²) in [5, 5.41) is 16.5. The van der Waals surface area contributed by atoms with Gasteiger partial charge in [0.05, 0.1) is 6.61 Å². The van der Waals surface area contributed by atoms with Crippen molar-refractivity contribution in [2.75, 3.05) is 59.0 Å². The van der Waals surface area contributed by atoms with E-state index in [1.54, 1.807) is 0 Å². The van der Waals surface area contributed by atoms with Crippen LogP contribution in [-0.4, -0.2) is 58.6 Å². The molecule has 34 heavy (non-hydrogen) atoms. The average molecular weight is 482 g/mol. The van der Waals surface area contributed by atoms with Gasteiger partial charge in [0, 0.05) is 54.7 Å². The predicted octanol–water partition coefficient (Wildman–Crippen LogP) is 5.14. The number of hydrogen-bond donors (Lipinski definition) is 3. The van der Waals surface area contributed by atoms with Crippen molar-refractivity contribution in [1.82, 2.24) is 15.0 Å². The summed E-state index contributed by atoms with van der Waals surface area (Å²) in [4.78, 5) is 18.3. The molecule has 182 valence electrons. The summed E-state index contributed by atoms with van der Waals surface area (Å²) in [5.74, 6) is 1.42. The van der Waals surface area contributed by atoms with Crippen molar-refractivity contribution in [1.29, 1.82) is 0 Å². The number of hydrogen-bond acceptors (Lipinski definition) is 9. The molecule has 0 aliphatic carbocycles. The van der Waals surface area contributed by atoms with Crippen LogP contribution in [0.4, 0.5) is 34.6 Å². The Morgan fingerprint density at radius 3 is 1.62 bits per heavy atom. The van der Waals surface area contributed by atoms with Crippen molar-refractivity contribution in [2.45, 2.75) is 32.9 Å². The third-order valence-electron chi connectivity index (χ3n) is 5.40. The third-order valence-corrected chi connectivity index (χ3v) is 6.23. The maximum Gasteiger partial charge on any atom is 0.233 e. The first-order chi connectivity index (χ1) is 16.6. The number of thioether (sulfide) groups is 1. The largest absolute Gasteiger partial charge is 0.396 e. The van der Waals surface area contributed by atoms with Gasteiger partial charge in [-0.2, -0.15) is 15.0 Å². The first-order valence-electron chi connectivity index (χ1n) is 11.8. The Morgan fingerprint density at radius 1 is 0.735 bits per heavy atom. The molecule has 1 heterocycles. The number of aromatic nitrogens is 3. The lowest BCUT2D eigenvalue weighted by Crippen LogP contribution is -2.21. The van der Waals surface area contributed by atoms with Crippen LogP contribution in [0.15, 0.2) is 53.7 Å². The number of nitrogens with one attached hydrogen (secondary N) is 2. The van der Waals surface area contributed by atoms with Gasteiger partial charge in [-0.25, -0.2) is 0 Å². The van der Waals surface area contributed by atoms with Gasteiger partial charge < -0.3 is 25.5 Å². The summed E-state index contributed by atoms with van der Waals surface area (Å²) in [6.45, 7) is 12.4. The number of rotatable bonds is 13. The number of aliphatic hydroxyl groups excluding tert-OH is 1. The smallest absolute Gasteiger partial charge is 0.233 e. The summed E-state index contributed by atoms with van der Waals surface area (Å²) < 4.78 is 0. The zero-order valence-corrected chi connectivity index (χ0v) is 21.3. The van der Waals surface area contributed by atoms with Gasteiger partial charge in [0.2, 0.25) is 11.9 Å². The monoisotopic (exact) mass is 481 g/mol. The van der Waals surface area contributed by atoms with E-state index in [-0.39, 0.29) is 6.61 Å². The number of anilines is 6. The highest BCUT2D eigenvalue weighted by atomic mass is 32.2. The molecule has 0 amide bonds. The molecule has 0 bridgehead atoms. The molecule has 8 nitrogen and oxygen atoms in total. The second-order valence-electron chi connectivity index (χ2n) is 7.53. The van der Waals surface area contributed by atoms with E-state index in [1.165, 1.54) is 11.8 Å². The summed E-state index contributed by atoms with van der Waals surface area (Å²) in [5.41, 5.74) is 4.10. The topological polar surface area (TPSA) is 89.4 Å². The summed E-state index contributed by atoms with van der Waals surface area (Å²) in [7, 11) is 0. The second kappa shape index (κ2) is 13.0. The summed E-state index contributed by atoms with van der Waals surface area (Å²) >= 11 is 1.39. The molecule has 3 N–H and O–H groups in total. The van der Waals surface area contributed by atoms with Gasteiger partial charge in [0.1, 0.15) is 0 Å². The molecule has 0 saturated carbocycles. The van der Waals surface area contributed by atoms with E-state index in [0.717, 1.165) is 48.9 Å². The van der Waals surface area contributed by atoms with E-state index in [4.69, 9.17) is 0 Å². The lowest BCUT2D eigenvalue weighted by Gasteiger charge is -2.22. The number of aliphatic hydroxyl groups is 1. The van der Waals surface area contributed by atoms with Crippen LogP contribution in [0.3, 0.4) is 0 Å². The summed E-state index contributed by atoms with van der Waals surface area (Å²) in [6, 6.07) is 16.4. The van der Waals surface area contributed by atoms with Gasteiger partial charge in [-0.3, -0.25) is 0 Å². The zero-order valence-electron chi connectivity index (χ0n) is 20.5. The van der Waals surface area contributed by atoms with Gasteiger partial charge in [0.25, 0.3) is 0 Å². The minimum atomic E-state index is 0.0553. The highest BCUT2D eigenvalue weighted by Crippen LogP contribution is 2.25. The molecule has 0 saturated heterocycles. The quantitative estimate of drug-likeness (QED) is 0.287. The van der Waals surface area contributed by atoms with E-state index < -0.39 is 0 Å². The molecule has 0 aliphatic heterocycles. The molecule has 0 radical (unpaired) electrons. The molecule has 9 heteroatoms. The van der Waals surface area contributed by atoms with Gasteiger partial charge in [0.15, 0.2) is 5.16 Å². The van der Waals surface area contributed by atoms with Gasteiger partial charge in [-0.1, -0.05) is 23.9 Å². The molecule has 0 spiro atoms. The van der Waals surface area contributed by atoms with Gasteiger partial charge in [-0.05, 0) is 64.1 Å². The number of nitrogens with zero attached hydrogens (tertiary/aromatic N) is 5. The minimum Gasteiger partial charge on any atom is -0.396 e. The molecule has 0 atom stereocenters. The highest BCUT2D eigenvalue weighted by Gasteiger charge is 2.10. The first-order valence-corrected chi connectivity index (χ1v) is 12.8. The predicted molar refractivity (Wildman–Crippen MR) is 144 cm³/mol. The standard InChI is InChI=1S/C25H35N7OS/c1-5-31(6-2)21-13-9-11-19(17-21)26-23-28-24(30-25(29-23)34-16-15-33)27-20-12-10-14-22(18-20)32(7-3)8-4/h9-14,17-18,33H,5-8,15-16H2,1-4H3,(H2,26,27,28,29,30). The number of benzene rings is 2. The van der Waals surface area contributed by atoms with E-state index in [2.05, 4.69) is 87.3 Å². The van der Waals surface area contributed by atoms with Crippen LogP contribution in [0, 0.1) is 0 Å². The van der Waals surface area contributed by atoms with Gasteiger partial charge in [-0.15, -0.1) is 0 Å². The van der Waals surface area contributed by atoms with E-state index in [0.29, 0.717) is 22.8 Å². The lowest BCUT2D eigenvalue weighted by molar-refractivity contribution is 0.322. The fourth-order valence-electron chi connectivity index (χ4n) is 3.67. The van der Waals surface area contributed by atoms with Gasteiger partial charge >= 0.3 is 0 Å². The van der Waals surface area contributed by atoms with Crippen molar-refractivity contribution >= 4 is 46.4 Å². The Bertz CT molecular complexity index is 966. The average Bonchev–Trinajstić information content (AvgIpc) is 2.85. The Morgan fingerprint density at radius 2 is 1.21 bits per heavy atom. The fraction of sp³-hybridized carbons (Fsp3) is 0.400. The zero-order chi connectivity index (χ0) is 24.3. The molecule has 1 aromatic heterocycles. The molecule has 3 aromatic rings. The second-order valence-corrected chi connectivity index (χ2v) is 8.59. The SMILES string of the molecule is CCN(CC)c1cccc(Nc2nc(Nc3cccc(N(CC)CC)c3)nc(SCCO)n2)c1. The van der Waals surface area contributed by atoms with Crippen LogP contribution in [0.25, 0.3) is 0 Å². The molecule has 0 fully saturated rings. The first kappa shape index (κ1) is 25.6. The van der Waals surface area contributed by atoms with Crippen molar-refractivity contribution in [3.8, 4) is 0 Å². The van der Waals surface area contributed by atoms with E-state index in [9.17, 15) is 5.11 Å². The normalized spacial score (nSPS) is 10.7. The maximum absolute atomic E-state index is 9.26. The molecule has 0 aliphatic rings. The summed E-state index contributed by atoms with van der Waals surface area (Å²) in [6.07, 6.45) is 0. The molecule has 2 aromatic carbocycles. The Labute approximate surface area is 206 Å². The Hall–Kier alpha value is -3.04. The van der Waals surface area contributed by atoms with E-state index >= 15 is 0 Å². The van der Waals surface area contributed by atoms with Crippen molar-refractivity contribution < 1.29 is 5.11 Å². The van der Waals surface area contributed by atoms with Crippen LogP contribution >= 0.6 is 11.8 Å². The van der Waals surface area contributed by atoms with Crippen molar-refractivity contribution in [3.63, 3.8) is 0 Å². The Balaban J connectivity index is 1.87. The molecule has 0 unspecified atom stereocenters. The highest BCUT2D eigenvalue weighted by molar-refractivity contribution is 7.99. The molecule has 3 rings (SSSR count). The third kappa shape index (κ3) is 6.98. The molecular weight excluding hydrogens is 446 g/mol. The Kier molecular flexibility index (Phi) is 9.78. The van der Waals surface area contributed by atoms with Crippen LogP contribution in [0.5, 0.6) is 0 Å². The minimum absolute atomic E-state index is 0.0553.